The van der Waals surface area contributed by atoms with Gasteiger partial charge in [-0.15, -0.1) is 0 Å². The zero-order valence-electron chi connectivity index (χ0n) is 19.1. The van der Waals surface area contributed by atoms with Gasteiger partial charge in [-0.25, -0.2) is 9.48 Å². The maximum atomic E-state index is 13.1. The molecule has 0 N–H and O–H groups in total. The predicted molar refractivity (Wildman–Crippen MR) is 128 cm³/mol. The zero-order chi connectivity index (χ0) is 23.4. The van der Waals surface area contributed by atoms with Gasteiger partial charge in [-0.1, -0.05) is 62.6 Å². The first kappa shape index (κ1) is 22.7. The van der Waals surface area contributed by atoms with Crippen LogP contribution in [0.4, 0.5) is 5.69 Å². The number of amides is 1. The number of ether oxygens (including phenoxy) is 1. The topological polar surface area (TPSA) is 81.5 Å². The summed E-state index contributed by atoms with van der Waals surface area (Å²) in [5.41, 5.74) is 1.79. The number of rotatable bonds is 8. The SMILES string of the molecule is CCCCCCn1nc(C(=O)OC(C)C(=O)N2CCc3ccccc32)c2ccccc2c1=O. The summed E-state index contributed by atoms with van der Waals surface area (Å²) in [6.45, 7) is 4.69. The van der Waals surface area contributed by atoms with Crippen molar-refractivity contribution in [3.05, 3.63) is 70.1 Å². The van der Waals surface area contributed by atoms with Crippen molar-refractivity contribution < 1.29 is 14.3 Å². The first-order valence-corrected chi connectivity index (χ1v) is 11.6. The molecule has 0 saturated carbocycles. The van der Waals surface area contributed by atoms with Gasteiger partial charge >= 0.3 is 5.97 Å². The van der Waals surface area contributed by atoms with Crippen molar-refractivity contribution in [3.63, 3.8) is 0 Å². The van der Waals surface area contributed by atoms with Gasteiger partial charge < -0.3 is 9.64 Å². The summed E-state index contributed by atoms with van der Waals surface area (Å²) in [4.78, 5) is 40.7. The molecule has 1 unspecified atom stereocenters. The number of nitrogens with zero attached hydrogens (tertiary/aromatic N) is 3. The second-order valence-electron chi connectivity index (χ2n) is 8.40. The van der Waals surface area contributed by atoms with Gasteiger partial charge in [-0.3, -0.25) is 9.59 Å². The predicted octanol–water partition coefficient (Wildman–Crippen LogP) is 4.11. The summed E-state index contributed by atoms with van der Waals surface area (Å²) in [5.74, 6) is -0.979. The second kappa shape index (κ2) is 9.98. The highest BCUT2D eigenvalue weighted by Gasteiger charge is 2.31. The molecule has 0 radical (unpaired) electrons. The molecule has 0 spiro atoms. The van der Waals surface area contributed by atoms with Crippen LogP contribution in [0.1, 0.15) is 55.6 Å². The van der Waals surface area contributed by atoms with Crippen LogP contribution in [0.2, 0.25) is 0 Å². The summed E-state index contributed by atoms with van der Waals surface area (Å²) < 4.78 is 6.91. The highest BCUT2D eigenvalue weighted by Crippen LogP contribution is 2.28. The molecule has 0 saturated heterocycles. The van der Waals surface area contributed by atoms with Gasteiger partial charge in [0.05, 0.1) is 5.39 Å². The highest BCUT2D eigenvalue weighted by atomic mass is 16.5. The van der Waals surface area contributed by atoms with Gasteiger partial charge in [0, 0.05) is 24.2 Å². The molecule has 2 heterocycles. The van der Waals surface area contributed by atoms with Crippen LogP contribution >= 0.6 is 0 Å². The van der Waals surface area contributed by atoms with E-state index in [9.17, 15) is 14.4 Å². The molecule has 7 nitrogen and oxygen atoms in total. The molecule has 1 aliphatic heterocycles. The number of esters is 1. The van der Waals surface area contributed by atoms with E-state index in [0.29, 0.717) is 23.9 Å². The smallest absolute Gasteiger partial charge is 0.360 e. The van der Waals surface area contributed by atoms with Crippen molar-refractivity contribution >= 4 is 28.3 Å². The first-order valence-electron chi connectivity index (χ1n) is 11.6. The molecule has 0 fully saturated rings. The van der Waals surface area contributed by atoms with E-state index in [1.807, 2.05) is 24.3 Å². The third-order valence-corrected chi connectivity index (χ3v) is 6.07. The Morgan fingerprint density at radius 2 is 1.76 bits per heavy atom. The van der Waals surface area contributed by atoms with E-state index in [0.717, 1.165) is 43.4 Å². The number of hydrogen-bond acceptors (Lipinski definition) is 5. The van der Waals surface area contributed by atoms with Crippen LogP contribution in [-0.2, 0) is 22.5 Å². The number of unbranched alkanes of at least 4 members (excludes halogenated alkanes) is 3. The van der Waals surface area contributed by atoms with Crippen LogP contribution in [0.15, 0.2) is 53.3 Å². The van der Waals surface area contributed by atoms with Gasteiger partial charge in [0.15, 0.2) is 11.8 Å². The molecule has 33 heavy (non-hydrogen) atoms. The minimum Gasteiger partial charge on any atom is -0.448 e. The van der Waals surface area contributed by atoms with E-state index in [1.165, 1.54) is 4.68 Å². The Kier molecular flexibility index (Phi) is 6.87. The molecule has 1 aliphatic rings. The number of hydrogen-bond donors (Lipinski definition) is 0. The van der Waals surface area contributed by atoms with Crippen LogP contribution in [-0.4, -0.2) is 34.3 Å². The number of aromatic nitrogens is 2. The van der Waals surface area contributed by atoms with E-state index in [4.69, 9.17) is 4.74 Å². The van der Waals surface area contributed by atoms with Crippen molar-refractivity contribution in [2.75, 3.05) is 11.4 Å². The average molecular weight is 448 g/mol. The molecular weight excluding hydrogens is 418 g/mol. The molecule has 3 aromatic rings. The lowest BCUT2D eigenvalue weighted by Crippen LogP contribution is -2.39. The summed E-state index contributed by atoms with van der Waals surface area (Å²) in [5, 5.41) is 5.20. The zero-order valence-corrected chi connectivity index (χ0v) is 19.1. The van der Waals surface area contributed by atoms with E-state index in [1.54, 1.807) is 36.1 Å². The fourth-order valence-corrected chi connectivity index (χ4v) is 4.28. The third-order valence-electron chi connectivity index (χ3n) is 6.07. The highest BCUT2D eigenvalue weighted by molar-refractivity contribution is 6.04. The van der Waals surface area contributed by atoms with Gasteiger partial charge in [-0.05, 0) is 37.5 Å². The number of carbonyl (C=O) groups excluding carboxylic acids is 2. The van der Waals surface area contributed by atoms with Crippen molar-refractivity contribution in [1.82, 2.24) is 9.78 Å². The monoisotopic (exact) mass is 447 g/mol. The Balaban J connectivity index is 1.56. The van der Waals surface area contributed by atoms with E-state index in [-0.39, 0.29) is 17.2 Å². The lowest BCUT2D eigenvalue weighted by Gasteiger charge is -2.22. The average Bonchev–Trinajstić information content (AvgIpc) is 3.26. The van der Waals surface area contributed by atoms with Gasteiger partial charge in [0.2, 0.25) is 0 Å². The normalized spacial score (nSPS) is 13.7. The minimum atomic E-state index is -0.978. The number of fused-ring (bicyclic) bond motifs is 2. The molecule has 0 aliphatic carbocycles. The van der Waals surface area contributed by atoms with Crippen LogP contribution in [0, 0.1) is 0 Å². The number of anilines is 1. The first-order chi connectivity index (χ1) is 16.0. The summed E-state index contributed by atoms with van der Waals surface area (Å²) in [6.07, 6.45) is 3.75. The van der Waals surface area contributed by atoms with Crippen LogP contribution in [0.3, 0.4) is 0 Å². The molecule has 1 atom stereocenters. The fraction of sp³-hybridized carbons (Fsp3) is 0.385. The number of benzene rings is 2. The Morgan fingerprint density at radius 1 is 1.03 bits per heavy atom. The van der Waals surface area contributed by atoms with Crippen molar-refractivity contribution in [2.24, 2.45) is 0 Å². The Hall–Kier alpha value is -3.48. The van der Waals surface area contributed by atoms with Crippen LogP contribution in [0.5, 0.6) is 0 Å². The lowest BCUT2D eigenvalue weighted by atomic mass is 10.1. The summed E-state index contributed by atoms with van der Waals surface area (Å²) in [7, 11) is 0. The van der Waals surface area contributed by atoms with Gasteiger partial charge in [0.25, 0.3) is 11.5 Å². The molecular formula is C26H29N3O4. The lowest BCUT2D eigenvalue weighted by molar-refractivity contribution is -0.126. The Morgan fingerprint density at radius 3 is 2.55 bits per heavy atom. The fourth-order valence-electron chi connectivity index (χ4n) is 4.28. The largest absolute Gasteiger partial charge is 0.448 e. The van der Waals surface area contributed by atoms with Crippen molar-refractivity contribution in [2.45, 2.75) is 58.6 Å². The molecule has 4 rings (SSSR count). The Labute approximate surface area is 193 Å². The number of aryl methyl sites for hydroxylation is 1. The maximum absolute atomic E-state index is 13.1. The molecule has 1 aromatic heterocycles. The van der Waals surface area contributed by atoms with Gasteiger partial charge in [-0.2, -0.15) is 5.10 Å². The molecule has 172 valence electrons. The minimum absolute atomic E-state index is 0.0576. The van der Waals surface area contributed by atoms with Crippen LogP contribution < -0.4 is 10.5 Å². The van der Waals surface area contributed by atoms with Crippen LogP contribution in [0.25, 0.3) is 10.8 Å². The molecule has 7 heteroatoms. The summed E-state index contributed by atoms with van der Waals surface area (Å²) in [6, 6.07) is 14.6. The second-order valence-corrected chi connectivity index (χ2v) is 8.40. The van der Waals surface area contributed by atoms with Crippen molar-refractivity contribution in [3.8, 4) is 0 Å². The van der Waals surface area contributed by atoms with E-state index < -0.39 is 12.1 Å². The van der Waals surface area contributed by atoms with Gasteiger partial charge in [0.1, 0.15) is 0 Å². The Bertz CT molecular complexity index is 1230. The summed E-state index contributed by atoms with van der Waals surface area (Å²) >= 11 is 0. The molecule has 2 aromatic carbocycles. The standard InChI is InChI=1S/C26H29N3O4/c1-3-4-5-10-16-29-25(31)21-13-8-7-12-20(21)23(27-29)26(32)33-18(2)24(30)28-17-15-19-11-6-9-14-22(19)28/h6-9,11-14,18H,3-5,10,15-17H2,1-2H3. The number of carbonyl (C=O) groups is 2. The van der Waals surface area contributed by atoms with Crippen molar-refractivity contribution in [1.29, 1.82) is 0 Å². The quantitative estimate of drug-likeness (QED) is 0.383. The molecule has 1 amide bonds. The molecule has 0 bridgehead atoms. The van der Waals surface area contributed by atoms with E-state index in [2.05, 4.69) is 12.0 Å². The number of para-hydroxylation sites is 1. The third kappa shape index (κ3) is 4.67. The van der Waals surface area contributed by atoms with E-state index >= 15 is 0 Å². The maximum Gasteiger partial charge on any atom is 0.360 e.